The van der Waals surface area contributed by atoms with Gasteiger partial charge in [0, 0.05) is 13.1 Å². The van der Waals surface area contributed by atoms with Crippen molar-refractivity contribution in [2.24, 2.45) is 0 Å². The number of hydrogen-bond donors (Lipinski definition) is 0. The molecule has 1 heteroatoms. The summed E-state index contributed by atoms with van der Waals surface area (Å²) in [7, 11) is 0. The quantitative estimate of drug-likeness (QED) is 0.701. The minimum Gasteiger partial charge on any atom is -0.279 e. The molecule has 1 aliphatic carbocycles. The van der Waals surface area contributed by atoms with Crippen LogP contribution in [0.5, 0.6) is 0 Å². The van der Waals surface area contributed by atoms with Crippen molar-refractivity contribution in [2.75, 3.05) is 0 Å². The highest BCUT2D eigenvalue weighted by molar-refractivity contribution is 5.22. The van der Waals surface area contributed by atoms with E-state index in [-0.39, 0.29) is 5.54 Å². The van der Waals surface area contributed by atoms with E-state index in [0.29, 0.717) is 0 Å². The Kier molecular flexibility index (Phi) is 5.16. The first-order chi connectivity index (χ1) is 11.3. The Morgan fingerprint density at radius 3 is 1.70 bits per heavy atom. The van der Waals surface area contributed by atoms with Gasteiger partial charge in [0.05, 0.1) is 5.54 Å². The van der Waals surface area contributed by atoms with Crippen LogP contribution >= 0.6 is 0 Å². The lowest BCUT2D eigenvalue weighted by Gasteiger charge is -2.43. The number of terminal acetylenes is 1. The summed E-state index contributed by atoms with van der Waals surface area (Å²) < 4.78 is 0. The smallest absolute Gasteiger partial charge is 0.0828 e. The lowest BCUT2D eigenvalue weighted by atomic mass is 9.80. The van der Waals surface area contributed by atoms with Crippen LogP contribution in [-0.2, 0) is 13.1 Å². The lowest BCUT2D eigenvalue weighted by Crippen LogP contribution is -2.48. The van der Waals surface area contributed by atoms with Gasteiger partial charge in [-0.25, -0.2) is 0 Å². The SMILES string of the molecule is C#CC1(N(Cc2ccccc2)Cc2ccccc2)CCCCC1. The van der Waals surface area contributed by atoms with Gasteiger partial charge in [-0.2, -0.15) is 0 Å². The van der Waals surface area contributed by atoms with E-state index >= 15 is 0 Å². The molecule has 0 amide bonds. The van der Waals surface area contributed by atoms with E-state index in [1.165, 1.54) is 30.4 Å². The van der Waals surface area contributed by atoms with Gasteiger partial charge < -0.3 is 0 Å². The Morgan fingerprint density at radius 2 is 1.26 bits per heavy atom. The molecule has 0 bridgehead atoms. The summed E-state index contributed by atoms with van der Waals surface area (Å²) in [5.41, 5.74) is 2.58. The van der Waals surface area contributed by atoms with Gasteiger partial charge in [-0.15, -0.1) is 6.42 Å². The topological polar surface area (TPSA) is 3.24 Å². The summed E-state index contributed by atoms with van der Waals surface area (Å²) in [6, 6.07) is 21.4. The molecule has 0 radical (unpaired) electrons. The predicted molar refractivity (Wildman–Crippen MR) is 96.8 cm³/mol. The average Bonchev–Trinajstić information content (AvgIpc) is 2.63. The molecule has 1 fully saturated rings. The maximum absolute atomic E-state index is 6.05. The zero-order chi connectivity index (χ0) is 16.0. The highest BCUT2D eigenvalue weighted by atomic mass is 15.2. The Balaban J connectivity index is 1.87. The van der Waals surface area contributed by atoms with E-state index in [4.69, 9.17) is 6.42 Å². The summed E-state index contributed by atoms with van der Waals surface area (Å²) >= 11 is 0. The fourth-order valence-corrected chi connectivity index (χ4v) is 3.65. The standard InChI is InChI=1S/C22H25N/c1-2-22(16-10-5-11-17-22)23(18-20-12-6-3-7-13-20)19-21-14-8-4-9-15-21/h1,3-4,6-9,12-15H,5,10-11,16-19H2. The Bertz CT molecular complexity index is 591. The molecular weight excluding hydrogens is 278 g/mol. The van der Waals surface area contributed by atoms with Crippen LogP contribution in [0.1, 0.15) is 43.2 Å². The van der Waals surface area contributed by atoms with Crippen molar-refractivity contribution in [3.63, 3.8) is 0 Å². The molecule has 1 saturated carbocycles. The minimum absolute atomic E-state index is 0.0933. The fourth-order valence-electron chi connectivity index (χ4n) is 3.65. The maximum Gasteiger partial charge on any atom is 0.0828 e. The van der Waals surface area contributed by atoms with E-state index in [9.17, 15) is 0 Å². The first-order valence-corrected chi connectivity index (χ1v) is 8.63. The maximum atomic E-state index is 6.05. The summed E-state index contributed by atoms with van der Waals surface area (Å²) in [6.45, 7) is 1.83. The number of rotatable bonds is 5. The molecule has 0 N–H and O–H groups in total. The largest absolute Gasteiger partial charge is 0.279 e. The van der Waals surface area contributed by atoms with Gasteiger partial charge in [0.25, 0.3) is 0 Å². The van der Waals surface area contributed by atoms with E-state index in [1.807, 2.05) is 0 Å². The minimum atomic E-state index is -0.0933. The molecule has 3 rings (SSSR count). The molecule has 2 aromatic carbocycles. The van der Waals surface area contributed by atoms with Crippen LogP contribution in [-0.4, -0.2) is 10.4 Å². The molecule has 2 aromatic rings. The Hall–Kier alpha value is -2.04. The van der Waals surface area contributed by atoms with Gasteiger partial charge >= 0.3 is 0 Å². The van der Waals surface area contributed by atoms with Gasteiger partial charge in [-0.3, -0.25) is 4.90 Å². The Morgan fingerprint density at radius 1 is 0.783 bits per heavy atom. The van der Waals surface area contributed by atoms with Crippen LogP contribution in [0.25, 0.3) is 0 Å². The molecule has 0 spiro atoms. The molecule has 0 aromatic heterocycles. The summed E-state index contributed by atoms with van der Waals surface area (Å²) in [6.07, 6.45) is 12.1. The van der Waals surface area contributed by atoms with Crippen molar-refractivity contribution in [3.8, 4) is 12.3 Å². The van der Waals surface area contributed by atoms with Crippen molar-refractivity contribution in [1.82, 2.24) is 4.90 Å². The molecule has 0 unspecified atom stereocenters. The molecule has 1 aliphatic rings. The highest BCUT2D eigenvalue weighted by Gasteiger charge is 2.36. The van der Waals surface area contributed by atoms with Crippen LogP contribution in [0.15, 0.2) is 60.7 Å². The second-order valence-electron chi connectivity index (χ2n) is 6.56. The third-order valence-electron chi connectivity index (χ3n) is 4.99. The monoisotopic (exact) mass is 303 g/mol. The zero-order valence-corrected chi connectivity index (χ0v) is 13.7. The van der Waals surface area contributed by atoms with Crippen LogP contribution in [0.3, 0.4) is 0 Å². The summed E-state index contributed by atoms with van der Waals surface area (Å²) in [4.78, 5) is 2.52. The molecule has 118 valence electrons. The van der Waals surface area contributed by atoms with Crippen LogP contribution in [0, 0.1) is 12.3 Å². The second-order valence-corrected chi connectivity index (χ2v) is 6.56. The van der Waals surface area contributed by atoms with Crippen molar-refractivity contribution in [3.05, 3.63) is 71.8 Å². The highest BCUT2D eigenvalue weighted by Crippen LogP contribution is 2.35. The van der Waals surface area contributed by atoms with E-state index < -0.39 is 0 Å². The van der Waals surface area contributed by atoms with Crippen LogP contribution < -0.4 is 0 Å². The first-order valence-electron chi connectivity index (χ1n) is 8.63. The van der Waals surface area contributed by atoms with Crippen LogP contribution in [0.4, 0.5) is 0 Å². The van der Waals surface area contributed by atoms with Crippen molar-refractivity contribution < 1.29 is 0 Å². The third kappa shape index (κ3) is 3.84. The van der Waals surface area contributed by atoms with E-state index in [0.717, 1.165) is 25.9 Å². The average molecular weight is 303 g/mol. The van der Waals surface area contributed by atoms with Gasteiger partial charge in [0.15, 0.2) is 0 Å². The van der Waals surface area contributed by atoms with E-state index in [2.05, 4.69) is 71.5 Å². The fraction of sp³-hybridized carbons (Fsp3) is 0.364. The molecule has 1 nitrogen and oxygen atoms in total. The molecule has 23 heavy (non-hydrogen) atoms. The number of benzene rings is 2. The molecule has 0 aliphatic heterocycles. The number of nitrogens with zero attached hydrogens (tertiary/aromatic N) is 1. The van der Waals surface area contributed by atoms with Gasteiger partial charge in [0.1, 0.15) is 0 Å². The first kappa shape index (κ1) is 15.8. The molecule has 0 saturated heterocycles. The summed E-state index contributed by atoms with van der Waals surface area (Å²) in [5.74, 6) is 3.18. The molecule has 0 atom stereocenters. The normalized spacial score (nSPS) is 16.9. The van der Waals surface area contributed by atoms with Crippen molar-refractivity contribution in [1.29, 1.82) is 0 Å². The van der Waals surface area contributed by atoms with Crippen LogP contribution in [0.2, 0.25) is 0 Å². The van der Waals surface area contributed by atoms with Crippen molar-refractivity contribution in [2.45, 2.75) is 50.7 Å². The zero-order valence-electron chi connectivity index (χ0n) is 13.7. The molecule has 0 heterocycles. The molecular formula is C22H25N. The van der Waals surface area contributed by atoms with Gasteiger partial charge in [-0.1, -0.05) is 85.8 Å². The Labute approximate surface area is 140 Å². The lowest BCUT2D eigenvalue weighted by molar-refractivity contribution is 0.0837. The predicted octanol–water partition coefficient (Wildman–Crippen LogP) is 5.02. The third-order valence-corrected chi connectivity index (χ3v) is 4.99. The van der Waals surface area contributed by atoms with Gasteiger partial charge in [-0.05, 0) is 24.0 Å². The summed E-state index contributed by atoms with van der Waals surface area (Å²) in [5, 5.41) is 0. The van der Waals surface area contributed by atoms with Crippen molar-refractivity contribution >= 4 is 0 Å². The van der Waals surface area contributed by atoms with E-state index in [1.54, 1.807) is 0 Å². The number of hydrogen-bond acceptors (Lipinski definition) is 1. The van der Waals surface area contributed by atoms with Gasteiger partial charge in [0.2, 0.25) is 0 Å². The second kappa shape index (κ2) is 7.49.